The third-order valence-corrected chi connectivity index (χ3v) is 5.59. The highest BCUT2D eigenvalue weighted by Crippen LogP contribution is 2.18. The van der Waals surface area contributed by atoms with Crippen LogP contribution in [0.2, 0.25) is 0 Å². The Kier molecular flexibility index (Phi) is 6.82. The molecule has 0 atom stereocenters. The van der Waals surface area contributed by atoms with Crippen molar-refractivity contribution in [2.75, 3.05) is 44.7 Å². The monoisotopic (exact) mass is 418 g/mol. The minimum absolute atomic E-state index is 0.580. The van der Waals surface area contributed by atoms with E-state index in [2.05, 4.69) is 72.7 Å². The molecule has 0 unspecified atom stereocenters. The van der Waals surface area contributed by atoms with Crippen LogP contribution in [0.25, 0.3) is 11.5 Å². The molecule has 3 aromatic rings. The summed E-state index contributed by atoms with van der Waals surface area (Å²) in [6.45, 7) is 6.79. The van der Waals surface area contributed by atoms with Crippen molar-refractivity contribution in [3.05, 3.63) is 66.0 Å². The molecule has 4 rings (SSSR count). The number of aliphatic imine (C=N–C) groups is 1. The van der Waals surface area contributed by atoms with Gasteiger partial charge in [-0.1, -0.05) is 42.4 Å². The fraction of sp³-hybridized carbons (Fsp3) is 0.375. The number of anilines is 1. The highest BCUT2D eigenvalue weighted by atomic mass is 16.5. The molecular weight excluding hydrogens is 388 g/mol. The van der Waals surface area contributed by atoms with Gasteiger partial charge >= 0.3 is 0 Å². The normalized spacial score (nSPS) is 14.7. The van der Waals surface area contributed by atoms with E-state index in [-0.39, 0.29) is 0 Å². The van der Waals surface area contributed by atoms with Crippen LogP contribution in [0.5, 0.6) is 0 Å². The van der Waals surface area contributed by atoms with E-state index in [1.54, 1.807) is 0 Å². The minimum Gasteiger partial charge on any atom is -0.368 e. The number of rotatable bonds is 6. The number of benzene rings is 2. The molecule has 0 amide bonds. The van der Waals surface area contributed by atoms with Crippen molar-refractivity contribution in [2.24, 2.45) is 4.99 Å². The Morgan fingerprint density at radius 1 is 1.03 bits per heavy atom. The lowest BCUT2D eigenvalue weighted by molar-refractivity contribution is 0.373. The number of aromatic nitrogens is 2. The molecule has 162 valence electrons. The van der Waals surface area contributed by atoms with Gasteiger partial charge in [-0.25, -0.2) is 0 Å². The predicted octanol–water partition coefficient (Wildman–Crippen LogP) is 3.24. The standard InChI is InChI=1S/C24H30N6O/c1-3-22-27-23(31-28-22)20-11-9-19(10-12-20)13-14-26-24(25-2)30-17-15-29(16-18-30)21-7-5-4-6-8-21/h4-12H,3,13-18H2,1-2H3,(H,25,26). The summed E-state index contributed by atoms with van der Waals surface area (Å²) in [5.74, 6) is 2.29. The van der Waals surface area contributed by atoms with Crippen LogP contribution in [0, 0.1) is 0 Å². The van der Waals surface area contributed by atoms with Gasteiger partial charge in [0.2, 0.25) is 0 Å². The van der Waals surface area contributed by atoms with E-state index in [1.165, 1.54) is 11.3 Å². The maximum atomic E-state index is 5.31. The number of piperazine rings is 1. The molecule has 1 fully saturated rings. The van der Waals surface area contributed by atoms with Gasteiger partial charge in [0.15, 0.2) is 11.8 Å². The van der Waals surface area contributed by atoms with Gasteiger partial charge in [-0.3, -0.25) is 4.99 Å². The van der Waals surface area contributed by atoms with Crippen LogP contribution in [0.4, 0.5) is 5.69 Å². The lowest BCUT2D eigenvalue weighted by Gasteiger charge is -2.37. The Bertz CT molecular complexity index is 975. The second kappa shape index (κ2) is 10.1. The SMILES string of the molecule is CCc1noc(-c2ccc(CCNC(=NC)N3CCN(c4ccccc4)CC3)cc2)n1. The van der Waals surface area contributed by atoms with Crippen molar-refractivity contribution in [1.82, 2.24) is 20.4 Å². The quantitative estimate of drug-likeness (QED) is 0.490. The van der Waals surface area contributed by atoms with Gasteiger partial charge in [-0.05, 0) is 36.2 Å². The van der Waals surface area contributed by atoms with Gasteiger partial charge in [0, 0.05) is 57.4 Å². The fourth-order valence-electron chi connectivity index (χ4n) is 3.79. The van der Waals surface area contributed by atoms with Crippen molar-refractivity contribution in [3.63, 3.8) is 0 Å². The Morgan fingerprint density at radius 2 is 1.77 bits per heavy atom. The molecule has 7 nitrogen and oxygen atoms in total. The summed E-state index contributed by atoms with van der Waals surface area (Å²) in [7, 11) is 1.86. The number of aryl methyl sites for hydroxylation is 1. The second-order valence-electron chi connectivity index (χ2n) is 7.60. The van der Waals surface area contributed by atoms with Crippen LogP contribution in [-0.2, 0) is 12.8 Å². The molecule has 0 radical (unpaired) electrons. The molecule has 0 bridgehead atoms. The Labute approximate surface area is 183 Å². The van der Waals surface area contributed by atoms with E-state index in [0.717, 1.165) is 62.9 Å². The van der Waals surface area contributed by atoms with Gasteiger partial charge < -0.3 is 19.6 Å². The van der Waals surface area contributed by atoms with Gasteiger partial charge in [-0.2, -0.15) is 4.98 Å². The maximum absolute atomic E-state index is 5.31. The van der Waals surface area contributed by atoms with E-state index in [4.69, 9.17) is 4.52 Å². The molecule has 0 spiro atoms. The van der Waals surface area contributed by atoms with Gasteiger partial charge in [-0.15, -0.1) is 0 Å². The smallest absolute Gasteiger partial charge is 0.257 e. The van der Waals surface area contributed by atoms with Gasteiger partial charge in [0.25, 0.3) is 5.89 Å². The fourth-order valence-corrected chi connectivity index (χ4v) is 3.79. The molecule has 31 heavy (non-hydrogen) atoms. The zero-order valence-corrected chi connectivity index (χ0v) is 18.3. The zero-order valence-electron chi connectivity index (χ0n) is 18.3. The number of guanidine groups is 1. The number of hydrogen-bond acceptors (Lipinski definition) is 5. The summed E-state index contributed by atoms with van der Waals surface area (Å²) < 4.78 is 5.31. The van der Waals surface area contributed by atoms with Crippen molar-refractivity contribution >= 4 is 11.6 Å². The predicted molar refractivity (Wildman–Crippen MR) is 124 cm³/mol. The first-order chi connectivity index (χ1) is 15.3. The van der Waals surface area contributed by atoms with E-state index in [0.29, 0.717) is 5.89 Å². The lowest BCUT2D eigenvalue weighted by atomic mass is 10.1. The molecule has 2 aromatic carbocycles. The average Bonchev–Trinajstić information content (AvgIpc) is 3.32. The number of para-hydroxylation sites is 1. The summed E-state index contributed by atoms with van der Waals surface area (Å²) in [5, 5.41) is 7.48. The van der Waals surface area contributed by atoms with Crippen LogP contribution in [0.1, 0.15) is 18.3 Å². The number of nitrogens with zero attached hydrogens (tertiary/aromatic N) is 5. The first kappa shape index (κ1) is 20.9. The first-order valence-corrected chi connectivity index (χ1v) is 10.9. The van der Waals surface area contributed by atoms with Crippen molar-refractivity contribution in [1.29, 1.82) is 0 Å². The topological polar surface area (TPSA) is 69.8 Å². The third-order valence-electron chi connectivity index (χ3n) is 5.59. The number of nitrogens with one attached hydrogen (secondary N) is 1. The van der Waals surface area contributed by atoms with E-state index in [1.807, 2.05) is 26.1 Å². The second-order valence-corrected chi connectivity index (χ2v) is 7.60. The molecule has 1 aliphatic rings. The molecule has 1 N–H and O–H groups in total. The first-order valence-electron chi connectivity index (χ1n) is 10.9. The van der Waals surface area contributed by atoms with Crippen LogP contribution in [0.3, 0.4) is 0 Å². The van der Waals surface area contributed by atoms with Crippen LogP contribution in [0.15, 0.2) is 64.1 Å². The van der Waals surface area contributed by atoms with E-state index in [9.17, 15) is 0 Å². The average molecular weight is 419 g/mol. The van der Waals surface area contributed by atoms with Crippen molar-refractivity contribution < 1.29 is 4.52 Å². The molecular formula is C24H30N6O. The van der Waals surface area contributed by atoms with Crippen LogP contribution >= 0.6 is 0 Å². The summed E-state index contributed by atoms with van der Waals surface area (Å²) in [4.78, 5) is 13.6. The molecule has 1 aromatic heterocycles. The van der Waals surface area contributed by atoms with Gasteiger partial charge in [0.05, 0.1) is 0 Å². The van der Waals surface area contributed by atoms with Crippen LogP contribution in [-0.4, -0.2) is 60.8 Å². The number of hydrogen-bond donors (Lipinski definition) is 1. The lowest BCUT2D eigenvalue weighted by Crippen LogP contribution is -2.52. The maximum Gasteiger partial charge on any atom is 0.257 e. The summed E-state index contributed by atoms with van der Waals surface area (Å²) >= 11 is 0. The third kappa shape index (κ3) is 5.23. The highest BCUT2D eigenvalue weighted by Gasteiger charge is 2.19. The Hall–Kier alpha value is -3.35. The van der Waals surface area contributed by atoms with E-state index >= 15 is 0 Å². The highest BCUT2D eigenvalue weighted by molar-refractivity contribution is 5.80. The molecule has 0 saturated carbocycles. The minimum atomic E-state index is 0.580. The Balaban J connectivity index is 1.25. The van der Waals surface area contributed by atoms with Crippen molar-refractivity contribution in [2.45, 2.75) is 19.8 Å². The molecule has 1 aliphatic heterocycles. The van der Waals surface area contributed by atoms with Gasteiger partial charge in [0.1, 0.15) is 0 Å². The van der Waals surface area contributed by atoms with Crippen molar-refractivity contribution in [3.8, 4) is 11.5 Å². The molecule has 2 heterocycles. The van der Waals surface area contributed by atoms with E-state index < -0.39 is 0 Å². The summed E-state index contributed by atoms with van der Waals surface area (Å²) in [6, 6.07) is 18.9. The summed E-state index contributed by atoms with van der Waals surface area (Å²) in [6.07, 6.45) is 1.70. The molecule has 1 saturated heterocycles. The zero-order chi connectivity index (χ0) is 21.5. The largest absolute Gasteiger partial charge is 0.368 e. The Morgan fingerprint density at radius 3 is 2.42 bits per heavy atom. The molecule has 0 aliphatic carbocycles. The summed E-state index contributed by atoms with van der Waals surface area (Å²) in [5.41, 5.74) is 3.51. The molecule has 7 heteroatoms. The van der Waals surface area contributed by atoms with Crippen LogP contribution < -0.4 is 10.2 Å².